The topological polar surface area (TPSA) is 41.5 Å². The maximum absolute atomic E-state index is 9.28. The van der Waals surface area contributed by atoms with Crippen LogP contribution in [0.2, 0.25) is 0 Å². The molecule has 1 atom stereocenters. The quantitative estimate of drug-likeness (QED) is 0.624. The smallest absolute Gasteiger partial charge is 0.0785 e. The summed E-state index contributed by atoms with van der Waals surface area (Å²) in [5.74, 6) is 2.45. The molecule has 1 aliphatic rings. The summed E-state index contributed by atoms with van der Waals surface area (Å²) in [6.45, 7) is 1.34. The lowest BCUT2D eigenvalue weighted by atomic mass is 10.2. The Balaban J connectivity index is 1.86. The number of hydrogen-bond acceptors (Lipinski definition) is 4. The Morgan fingerprint density at radius 3 is 2.92 bits per heavy atom. The van der Waals surface area contributed by atoms with Gasteiger partial charge in [0.05, 0.1) is 12.7 Å². The molecule has 0 radical (unpaired) electrons. The predicted octanol–water partition coefficient (Wildman–Crippen LogP) is 0.0888. The van der Waals surface area contributed by atoms with Crippen LogP contribution in [-0.4, -0.2) is 49.0 Å². The first kappa shape index (κ1) is 10.3. The van der Waals surface area contributed by atoms with Crippen molar-refractivity contribution in [2.24, 2.45) is 0 Å². The fourth-order valence-corrected chi connectivity index (χ4v) is 1.79. The van der Waals surface area contributed by atoms with Crippen LogP contribution in [0.3, 0.4) is 0 Å². The van der Waals surface area contributed by atoms with Gasteiger partial charge in [-0.25, -0.2) is 0 Å². The predicted molar refractivity (Wildman–Crippen MR) is 51.6 cm³/mol. The molecule has 4 heteroatoms. The lowest BCUT2D eigenvalue weighted by molar-refractivity contribution is 0.0591. The first-order chi connectivity index (χ1) is 5.83. The molecule has 12 heavy (non-hydrogen) atoms. The van der Waals surface area contributed by atoms with Gasteiger partial charge in [0.2, 0.25) is 0 Å². The van der Waals surface area contributed by atoms with Crippen molar-refractivity contribution >= 4 is 11.8 Å². The van der Waals surface area contributed by atoms with E-state index in [1.165, 1.54) is 11.5 Å². The van der Waals surface area contributed by atoms with Gasteiger partial charge in [-0.3, -0.25) is 0 Å². The molecule has 72 valence electrons. The molecule has 2 N–H and O–H groups in total. The number of nitrogens with one attached hydrogen (secondary N) is 1. The molecule has 1 fully saturated rings. The molecule has 0 saturated carbocycles. The van der Waals surface area contributed by atoms with Crippen LogP contribution in [-0.2, 0) is 4.74 Å². The second-order valence-corrected chi connectivity index (χ2v) is 4.16. The van der Waals surface area contributed by atoms with Crippen LogP contribution in [0.4, 0.5) is 0 Å². The van der Waals surface area contributed by atoms with Gasteiger partial charge in [0, 0.05) is 24.7 Å². The number of ether oxygens (including phenoxy) is 1. The average molecular weight is 191 g/mol. The van der Waals surface area contributed by atoms with Crippen LogP contribution < -0.4 is 5.32 Å². The highest BCUT2D eigenvalue weighted by atomic mass is 32.2. The molecule has 1 saturated heterocycles. The summed E-state index contributed by atoms with van der Waals surface area (Å²) < 4.78 is 4.82. The van der Waals surface area contributed by atoms with Gasteiger partial charge < -0.3 is 15.2 Å². The van der Waals surface area contributed by atoms with E-state index in [0.29, 0.717) is 12.6 Å². The zero-order chi connectivity index (χ0) is 8.81. The maximum atomic E-state index is 9.28. The number of thioether (sulfide) groups is 1. The van der Waals surface area contributed by atoms with Crippen LogP contribution in [0, 0.1) is 0 Å². The minimum atomic E-state index is -0.310. The van der Waals surface area contributed by atoms with E-state index in [1.54, 1.807) is 7.11 Å². The Kier molecular flexibility index (Phi) is 4.99. The fourth-order valence-electron chi connectivity index (χ4n) is 1.08. The molecule has 0 aliphatic carbocycles. The lowest BCUT2D eigenvalue weighted by Gasteiger charge is -2.26. The van der Waals surface area contributed by atoms with Gasteiger partial charge in [-0.05, 0) is 13.0 Å². The molecule has 0 bridgehead atoms. The highest BCUT2D eigenvalue weighted by Gasteiger charge is 2.16. The van der Waals surface area contributed by atoms with Crippen LogP contribution >= 0.6 is 11.8 Å². The van der Waals surface area contributed by atoms with Crippen LogP contribution in [0.25, 0.3) is 0 Å². The van der Waals surface area contributed by atoms with Crippen molar-refractivity contribution in [1.82, 2.24) is 5.32 Å². The lowest BCUT2D eigenvalue weighted by Crippen LogP contribution is -2.41. The maximum Gasteiger partial charge on any atom is 0.0785 e. The molecular formula is C8H17NO2S. The normalized spacial score (nSPS) is 20.5. The van der Waals surface area contributed by atoms with E-state index in [4.69, 9.17) is 4.74 Å². The van der Waals surface area contributed by atoms with E-state index < -0.39 is 0 Å². The minimum Gasteiger partial charge on any atom is -0.391 e. The number of rotatable bonds is 6. The van der Waals surface area contributed by atoms with Crippen molar-refractivity contribution < 1.29 is 9.84 Å². The molecule has 0 amide bonds. The van der Waals surface area contributed by atoms with E-state index in [2.05, 4.69) is 5.32 Å². The second kappa shape index (κ2) is 5.80. The van der Waals surface area contributed by atoms with E-state index in [9.17, 15) is 5.11 Å². The molecule has 3 nitrogen and oxygen atoms in total. The van der Waals surface area contributed by atoms with E-state index in [1.807, 2.05) is 11.8 Å². The SMILES string of the molecule is COCC(O)CCNC1CSC1. The molecular weight excluding hydrogens is 174 g/mol. The third-order valence-corrected chi connectivity index (χ3v) is 3.18. The van der Waals surface area contributed by atoms with Crippen LogP contribution in [0.5, 0.6) is 0 Å². The molecule has 1 aliphatic heterocycles. The van der Waals surface area contributed by atoms with Crippen molar-refractivity contribution in [2.45, 2.75) is 18.6 Å². The van der Waals surface area contributed by atoms with Gasteiger partial charge in [-0.1, -0.05) is 0 Å². The molecule has 1 heterocycles. The second-order valence-electron chi connectivity index (χ2n) is 3.09. The first-order valence-corrected chi connectivity index (χ1v) is 5.46. The number of aliphatic hydroxyl groups is 1. The molecule has 0 aromatic carbocycles. The van der Waals surface area contributed by atoms with Gasteiger partial charge in [-0.15, -0.1) is 0 Å². The summed E-state index contributed by atoms with van der Waals surface area (Å²) in [4.78, 5) is 0. The largest absolute Gasteiger partial charge is 0.391 e. The summed E-state index contributed by atoms with van der Waals surface area (Å²) >= 11 is 1.96. The zero-order valence-electron chi connectivity index (χ0n) is 7.45. The van der Waals surface area contributed by atoms with Gasteiger partial charge in [0.1, 0.15) is 0 Å². The van der Waals surface area contributed by atoms with E-state index in [0.717, 1.165) is 13.0 Å². The highest BCUT2D eigenvalue weighted by Crippen LogP contribution is 2.16. The van der Waals surface area contributed by atoms with Crippen molar-refractivity contribution in [3.05, 3.63) is 0 Å². The summed E-state index contributed by atoms with van der Waals surface area (Å²) in [6, 6.07) is 0.685. The number of methoxy groups -OCH3 is 1. The molecule has 1 unspecified atom stereocenters. The van der Waals surface area contributed by atoms with Crippen LogP contribution in [0.1, 0.15) is 6.42 Å². The third kappa shape index (κ3) is 3.76. The van der Waals surface area contributed by atoms with Crippen molar-refractivity contribution in [1.29, 1.82) is 0 Å². The zero-order valence-corrected chi connectivity index (χ0v) is 8.27. The van der Waals surface area contributed by atoms with Gasteiger partial charge in [-0.2, -0.15) is 11.8 Å². The Morgan fingerprint density at radius 2 is 2.42 bits per heavy atom. The van der Waals surface area contributed by atoms with Crippen molar-refractivity contribution in [3.63, 3.8) is 0 Å². The summed E-state index contributed by atoms with van der Waals surface area (Å²) in [7, 11) is 1.61. The van der Waals surface area contributed by atoms with Crippen molar-refractivity contribution in [3.8, 4) is 0 Å². The molecule has 0 aromatic heterocycles. The highest BCUT2D eigenvalue weighted by molar-refractivity contribution is 8.00. The fraction of sp³-hybridized carbons (Fsp3) is 1.00. The summed E-state index contributed by atoms with van der Waals surface area (Å²) in [5, 5.41) is 12.7. The standard InChI is InChI=1S/C8H17NO2S/c1-11-4-8(10)2-3-9-7-5-12-6-7/h7-10H,2-6H2,1H3. The molecule has 1 rings (SSSR count). The minimum absolute atomic E-state index is 0.310. The summed E-state index contributed by atoms with van der Waals surface area (Å²) in [5.41, 5.74) is 0. The Bertz CT molecular complexity index is 120. The number of hydrogen-bond donors (Lipinski definition) is 2. The van der Waals surface area contributed by atoms with Crippen LogP contribution in [0.15, 0.2) is 0 Å². The molecule has 0 aromatic rings. The van der Waals surface area contributed by atoms with Crippen molar-refractivity contribution in [2.75, 3.05) is 31.8 Å². The number of aliphatic hydroxyl groups excluding tert-OH is 1. The third-order valence-electron chi connectivity index (χ3n) is 1.91. The van der Waals surface area contributed by atoms with Gasteiger partial charge >= 0.3 is 0 Å². The van der Waals surface area contributed by atoms with E-state index in [-0.39, 0.29) is 6.10 Å². The Morgan fingerprint density at radius 1 is 1.67 bits per heavy atom. The first-order valence-electron chi connectivity index (χ1n) is 4.31. The van der Waals surface area contributed by atoms with E-state index >= 15 is 0 Å². The van der Waals surface area contributed by atoms with Gasteiger partial charge in [0.25, 0.3) is 0 Å². The monoisotopic (exact) mass is 191 g/mol. The Labute approximate surface area is 77.9 Å². The average Bonchev–Trinajstić information content (AvgIpc) is 1.95. The van der Waals surface area contributed by atoms with Gasteiger partial charge in [0.15, 0.2) is 0 Å². The molecule has 0 spiro atoms. The summed E-state index contributed by atoms with van der Waals surface area (Å²) in [6.07, 6.45) is 0.477. The Hall–Kier alpha value is 0.230.